The summed E-state index contributed by atoms with van der Waals surface area (Å²) in [6.07, 6.45) is 12.8. The van der Waals surface area contributed by atoms with Gasteiger partial charge in [-0.3, -0.25) is 4.79 Å². The molecule has 23 heavy (non-hydrogen) atoms. The number of hydrogen-bond acceptors (Lipinski definition) is 3. The van der Waals surface area contributed by atoms with Crippen molar-refractivity contribution in [2.45, 2.75) is 46.0 Å². The molecule has 0 bridgehead atoms. The molecule has 0 radical (unpaired) electrons. The van der Waals surface area contributed by atoms with Crippen LogP contribution in [0.2, 0.25) is 0 Å². The zero-order chi connectivity index (χ0) is 16.4. The van der Waals surface area contributed by atoms with Crippen LogP contribution in [0.4, 0.5) is 0 Å². The Hall–Kier alpha value is -1.64. The highest BCUT2D eigenvalue weighted by Crippen LogP contribution is 2.51. The summed E-state index contributed by atoms with van der Waals surface area (Å²) in [5.74, 6) is 2.00. The fourth-order valence-electron chi connectivity index (χ4n) is 4.71. The van der Waals surface area contributed by atoms with E-state index in [1.165, 1.54) is 24.8 Å². The summed E-state index contributed by atoms with van der Waals surface area (Å²) in [4.78, 5) is 22.6. The second kappa shape index (κ2) is 6.86. The van der Waals surface area contributed by atoms with Gasteiger partial charge in [0.25, 0.3) is 0 Å². The molecule has 3 heteroatoms. The molecule has 2 aliphatic carbocycles. The average molecular weight is 314 g/mol. The predicted octanol–water partition coefficient (Wildman–Crippen LogP) is 4.00. The molecule has 4 atom stereocenters. The molecular weight excluding hydrogens is 288 g/mol. The highest BCUT2D eigenvalue weighted by molar-refractivity contribution is 5.91. The minimum Gasteiger partial charge on any atom is -0.462 e. The maximum atomic E-state index is 12.0. The predicted molar refractivity (Wildman–Crippen MR) is 89.7 cm³/mol. The molecule has 1 saturated heterocycles. The Labute approximate surface area is 138 Å². The number of fused-ring (bicyclic) bond motifs is 3. The first kappa shape index (κ1) is 16.2. The third-order valence-electron chi connectivity index (χ3n) is 5.90. The highest BCUT2D eigenvalue weighted by Gasteiger charge is 2.47. The van der Waals surface area contributed by atoms with Crippen LogP contribution in [0.1, 0.15) is 46.0 Å². The van der Waals surface area contributed by atoms with Crippen molar-refractivity contribution >= 4 is 12.3 Å². The number of esters is 1. The summed E-state index contributed by atoms with van der Waals surface area (Å²) in [5.41, 5.74) is 3.13. The minimum absolute atomic E-state index is 0.0903. The van der Waals surface area contributed by atoms with Crippen LogP contribution >= 0.6 is 0 Å². The molecule has 3 rings (SSSR count). The van der Waals surface area contributed by atoms with Crippen molar-refractivity contribution in [1.82, 2.24) is 0 Å². The largest absolute Gasteiger partial charge is 0.462 e. The molecule has 1 aliphatic heterocycles. The van der Waals surface area contributed by atoms with Gasteiger partial charge in [0, 0.05) is 11.5 Å². The van der Waals surface area contributed by atoms with Crippen LogP contribution in [0.25, 0.3) is 0 Å². The van der Waals surface area contributed by atoms with Gasteiger partial charge in [-0.1, -0.05) is 23.8 Å². The van der Waals surface area contributed by atoms with Crippen molar-refractivity contribution in [3.05, 3.63) is 34.9 Å². The van der Waals surface area contributed by atoms with Gasteiger partial charge in [0.05, 0.1) is 6.61 Å². The normalized spacial score (nSPS) is 34.3. The fourth-order valence-corrected chi connectivity index (χ4v) is 4.71. The van der Waals surface area contributed by atoms with Crippen molar-refractivity contribution in [3.63, 3.8) is 0 Å². The van der Waals surface area contributed by atoms with Gasteiger partial charge in [-0.25, -0.2) is 4.79 Å². The second-order valence-electron chi connectivity index (χ2n) is 7.21. The van der Waals surface area contributed by atoms with E-state index >= 15 is 0 Å². The molecule has 0 aromatic carbocycles. The Morgan fingerprint density at radius 3 is 2.87 bits per heavy atom. The molecule has 3 nitrogen and oxygen atoms in total. The summed E-state index contributed by atoms with van der Waals surface area (Å²) in [5, 5.41) is 0. The average Bonchev–Trinajstić information content (AvgIpc) is 3.06. The highest BCUT2D eigenvalue weighted by atomic mass is 16.5. The third kappa shape index (κ3) is 3.19. The van der Waals surface area contributed by atoms with E-state index in [2.05, 4.69) is 19.1 Å². The van der Waals surface area contributed by atoms with Crippen molar-refractivity contribution in [1.29, 1.82) is 0 Å². The Bertz CT molecular complexity index is 582. The summed E-state index contributed by atoms with van der Waals surface area (Å²) >= 11 is 0. The minimum atomic E-state index is -0.0903. The SMILES string of the molecule is CC(C=O)=CCC=C(C)[C@H]1CC[C@@H]2CCC=C3C(=O)OC[C@@H]3[C@H]21. The van der Waals surface area contributed by atoms with Gasteiger partial charge in [-0.2, -0.15) is 0 Å². The van der Waals surface area contributed by atoms with Crippen LogP contribution < -0.4 is 0 Å². The van der Waals surface area contributed by atoms with Gasteiger partial charge in [0.15, 0.2) is 0 Å². The molecular formula is C20H26O3. The van der Waals surface area contributed by atoms with Crippen LogP contribution in [0.5, 0.6) is 0 Å². The lowest BCUT2D eigenvalue weighted by Crippen LogP contribution is -2.26. The number of ether oxygens (including phenoxy) is 1. The number of allylic oxidation sites excluding steroid dienone is 5. The number of rotatable bonds is 4. The molecule has 124 valence electrons. The van der Waals surface area contributed by atoms with Gasteiger partial charge < -0.3 is 4.74 Å². The smallest absolute Gasteiger partial charge is 0.334 e. The molecule has 0 spiro atoms. The van der Waals surface area contributed by atoms with E-state index in [-0.39, 0.29) is 11.9 Å². The molecule has 0 unspecified atom stereocenters. The molecule has 0 aromatic heterocycles. The first-order valence-electron chi connectivity index (χ1n) is 8.77. The molecule has 1 heterocycles. The lowest BCUT2D eigenvalue weighted by molar-refractivity contribution is -0.135. The number of aldehydes is 1. The maximum Gasteiger partial charge on any atom is 0.334 e. The standard InChI is InChI=1S/C20H26O3/c1-13(11-21)5-3-6-14(2)16-10-9-15-7-4-8-17-18(19(15)16)12-23-20(17)22/h5-6,8,11,15-16,18-19H,3-4,7,9-10,12H2,1-2H3/t15-,16+,18-,19+/m0/s1. The van der Waals surface area contributed by atoms with Crippen molar-refractivity contribution < 1.29 is 14.3 Å². The van der Waals surface area contributed by atoms with Gasteiger partial charge in [0.2, 0.25) is 0 Å². The second-order valence-corrected chi connectivity index (χ2v) is 7.21. The molecule has 0 aromatic rings. The Kier molecular flexibility index (Phi) is 4.84. The van der Waals surface area contributed by atoms with Crippen molar-refractivity contribution in [2.24, 2.45) is 23.7 Å². The van der Waals surface area contributed by atoms with Crippen LogP contribution in [-0.2, 0) is 14.3 Å². The van der Waals surface area contributed by atoms with Crippen LogP contribution in [0.15, 0.2) is 34.9 Å². The number of cyclic esters (lactones) is 1. The third-order valence-corrected chi connectivity index (χ3v) is 5.90. The fraction of sp³-hybridized carbons (Fsp3) is 0.600. The molecule has 2 fully saturated rings. The van der Waals surface area contributed by atoms with E-state index in [0.29, 0.717) is 24.4 Å². The van der Waals surface area contributed by atoms with Crippen LogP contribution in [0, 0.1) is 23.7 Å². The van der Waals surface area contributed by atoms with Gasteiger partial charge >= 0.3 is 5.97 Å². The summed E-state index contributed by atoms with van der Waals surface area (Å²) in [6, 6.07) is 0. The molecule has 1 saturated carbocycles. The lowest BCUT2D eigenvalue weighted by atomic mass is 9.74. The van der Waals surface area contributed by atoms with Crippen LogP contribution in [0.3, 0.4) is 0 Å². The quantitative estimate of drug-likeness (QED) is 0.341. The number of hydrogen-bond donors (Lipinski definition) is 0. The van der Waals surface area contributed by atoms with Gasteiger partial charge in [-0.15, -0.1) is 0 Å². The van der Waals surface area contributed by atoms with E-state index in [1.54, 1.807) is 0 Å². The Morgan fingerprint density at radius 2 is 2.09 bits per heavy atom. The molecule has 0 N–H and O–H groups in total. The lowest BCUT2D eigenvalue weighted by Gasteiger charge is -2.29. The van der Waals surface area contributed by atoms with Crippen molar-refractivity contribution in [3.8, 4) is 0 Å². The Morgan fingerprint density at radius 1 is 1.26 bits per heavy atom. The summed E-state index contributed by atoms with van der Waals surface area (Å²) in [6.45, 7) is 4.62. The van der Waals surface area contributed by atoms with E-state index in [0.717, 1.165) is 30.3 Å². The first-order chi connectivity index (χ1) is 11.1. The zero-order valence-electron chi connectivity index (χ0n) is 14.1. The zero-order valence-corrected chi connectivity index (χ0v) is 14.1. The summed E-state index contributed by atoms with van der Waals surface area (Å²) in [7, 11) is 0. The van der Waals surface area contributed by atoms with Gasteiger partial charge in [-0.05, 0) is 69.3 Å². The van der Waals surface area contributed by atoms with Crippen LogP contribution in [-0.4, -0.2) is 18.9 Å². The monoisotopic (exact) mass is 314 g/mol. The van der Waals surface area contributed by atoms with Crippen molar-refractivity contribution in [2.75, 3.05) is 6.61 Å². The number of carbonyl (C=O) groups is 2. The first-order valence-corrected chi connectivity index (χ1v) is 8.77. The van der Waals surface area contributed by atoms with Gasteiger partial charge in [0.1, 0.15) is 6.29 Å². The molecule has 0 amide bonds. The van der Waals surface area contributed by atoms with E-state index in [1.807, 2.05) is 13.0 Å². The maximum absolute atomic E-state index is 12.0. The topological polar surface area (TPSA) is 43.4 Å². The van der Waals surface area contributed by atoms with E-state index < -0.39 is 0 Å². The number of carbonyl (C=O) groups excluding carboxylic acids is 2. The molecule has 3 aliphatic rings. The summed E-state index contributed by atoms with van der Waals surface area (Å²) < 4.78 is 5.34. The van der Waals surface area contributed by atoms with E-state index in [9.17, 15) is 9.59 Å². The Balaban J connectivity index is 1.78. The van der Waals surface area contributed by atoms with E-state index in [4.69, 9.17) is 4.74 Å².